The Kier molecular flexibility index (Phi) is 3.43. The standard InChI is InChI=1S/C19H25N3O/c1-12-5-4-6-13(2)22(12)19(23)15-9-10-17-16(11-15)20-18(21(17)3)14-7-8-14/h9-14H,4-8H2,1-3H3. The molecule has 122 valence electrons. The van der Waals surface area contributed by atoms with Gasteiger partial charge in [-0.3, -0.25) is 4.79 Å². The SMILES string of the molecule is CC1CCCC(C)N1C(=O)c1ccc2c(c1)nc(C1CC1)n2C. The minimum atomic E-state index is 0.158. The van der Waals surface area contributed by atoms with Gasteiger partial charge >= 0.3 is 0 Å². The van der Waals surface area contributed by atoms with Gasteiger partial charge in [0, 0.05) is 30.6 Å². The Morgan fingerprint density at radius 3 is 2.48 bits per heavy atom. The van der Waals surface area contributed by atoms with Crippen LogP contribution >= 0.6 is 0 Å². The maximum Gasteiger partial charge on any atom is 0.254 e. The Morgan fingerprint density at radius 1 is 1.13 bits per heavy atom. The first kappa shape index (κ1) is 14.7. The van der Waals surface area contributed by atoms with Gasteiger partial charge < -0.3 is 9.47 Å². The number of fused-ring (bicyclic) bond motifs is 1. The van der Waals surface area contributed by atoms with Crippen LogP contribution in [0.25, 0.3) is 11.0 Å². The molecular weight excluding hydrogens is 286 g/mol. The minimum Gasteiger partial charge on any atom is -0.333 e. The van der Waals surface area contributed by atoms with E-state index in [4.69, 9.17) is 4.98 Å². The highest BCUT2D eigenvalue weighted by molar-refractivity contribution is 5.97. The van der Waals surface area contributed by atoms with Crippen LogP contribution in [-0.4, -0.2) is 32.4 Å². The van der Waals surface area contributed by atoms with Crippen molar-refractivity contribution in [2.75, 3.05) is 0 Å². The molecule has 23 heavy (non-hydrogen) atoms. The minimum absolute atomic E-state index is 0.158. The van der Waals surface area contributed by atoms with Crippen molar-refractivity contribution in [1.82, 2.24) is 14.5 Å². The predicted octanol–water partition coefficient (Wildman–Crippen LogP) is 3.85. The number of hydrogen-bond acceptors (Lipinski definition) is 2. The molecule has 2 fully saturated rings. The summed E-state index contributed by atoms with van der Waals surface area (Å²) in [4.78, 5) is 19.9. The molecule has 1 aliphatic carbocycles. The third kappa shape index (κ3) is 2.44. The van der Waals surface area contributed by atoms with E-state index in [-0.39, 0.29) is 5.91 Å². The van der Waals surface area contributed by atoms with Crippen molar-refractivity contribution in [3.8, 4) is 0 Å². The van der Waals surface area contributed by atoms with E-state index in [9.17, 15) is 4.79 Å². The summed E-state index contributed by atoms with van der Waals surface area (Å²) in [5, 5.41) is 0. The molecule has 2 heterocycles. The Bertz CT molecular complexity index is 749. The third-order valence-corrected chi connectivity index (χ3v) is 5.53. The number of aromatic nitrogens is 2. The van der Waals surface area contributed by atoms with Crippen LogP contribution in [0.5, 0.6) is 0 Å². The van der Waals surface area contributed by atoms with Gasteiger partial charge in [-0.15, -0.1) is 0 Å². The summed E-state index contributed by atoms with van der Waals surface area (Å²) in [5.41, 5.74) is 2.86. The highest BCUT2D eigenvalue weighted by Gasteiger charge is 2.31. The van der Waals surface area contributed by atoms with E-state index in [1.165, 1.54) is 25.1 Å². The molecule has 0 radical (unpaired) electrons. The lowest BCUT2D eigenvalue weighted by molar-refractivity contribution is 0.0511. The number of likely N-dealkylation sites (tertiary alicyclic amines) is 1. The molecule has 4 heteroatoms. The Balaban J connectivity index is 1.69. The molecule has 1 aromatic heterocycles. The number of piperidine rings is 1. The molecule has 0 spiro atoms. The topological polar surface area (TPSA) is 38.1 Å². The first-order valence-corrected chi connectivity index (χ1v) is 8.85. The fourth-order valence-corrected chi connectivity index (χ4v) is 4.03. The monoisotopic (exact) mass is 311 g/mol. The largest absolute Gasteiger partial charge is 0.333 e. The Hall–Kier alpha value is -1.84. The Labute approximate surface area is 137 Å². The van der Waals surface area contributed by atoms with E-state index in [2.05, 4.69) is 36.4 Å². The number of carbonyl (C=O) groups excluding carboxylic acids is 1. The molecule has 0 N–H and O–H groups in total. The number of nitrogens with zero attached hydrogens (tertiary/aromatic N) is 3. The molecular formula is C19H25N3O. The van der Waals surface area contributed by atoms with Gasteiger partial charge in [-0.2, -0.15) is 0 Å². The second-order valence-electron chi connectivity index (χ2n) is 7.35. The average Bonchev–Trinajstić information content (AvgIpc) is 3.31. The van der Waals surface area contributed by atoms with Gasteiger partial charge in [-0.25, -0.2) is 4.98 Å². The molecule has 4 nitrogen and oxygen atoms in total. The van der Waals surface area contributed by atoms with Gasteiger partial charge in [0.15, 0.2) is 0 Å². The summed E-state index contributed by atoms with van der Waals surface area (Å²) in [6, 6.07) is 6.66. The number of hydrogen-bond donors (Lipinski definition) is 0. The van der Waals surface area contributed by atoms with Gasteiger partial charge in [0.25, 0.3) is 5.91 Å². The molecule has 1 saturated heterocycles. The molecule has 2 aliphatic rings. The number of benzene rings is 1. The highest BCUT2D eigenvalue weighted by atomic mass is 16.2. The van der Waals surface area contributed by atoms with Crippen LogP contribution in [-0.2, 0) is 7.05 Å². The summed E-state index contributed by atoms with van der Waals surface area (Å²) < 4.78 is 2.19. The third-order valence-electron chi connectivity index (χ3n) is 5.53. The summed E-state index contributed by atoms with van der Waals surface area (Å²) in [6.07, 6.45) is 5.91. The van der Waals surface area contributed by atoms with Crippen molar-refractivity contribution >= 4 is 16.9 Å². The number of aryl methyl sites for hydroxylation is 1. The summed E-state index contributed by atoms with van der Waals surface area (Å²) in [7, 11) is 2.08. The van der Waals surface area contributed by atoms with Crippen LogP contribution < -0.4 is 0 Å². The van der Waals surface area contributed by atoms with E-state index in [1.54, 1.807) is 0 Å². The average molecular weight is 311 g/mol. The zero-order chi connectivity index (χ0) is 16.1. The summed E-state index contributed by atoms with van der Waals surface area (Å²) >= 11 is 0. The normalized spacial score (nSPS) is 25.1. The van der Waals surface area contributed by atoms with Gasteiger partial charge in [0.05, 0.1) is 11.0 Å². The van der Waals surface area contributed by atoms with Crippen LogP contribution in [0.2, 0.25) is 0 Å². The van der Waals surface area contributed by atoms with Crippen molar-refractivity contribution in [2.45, 2.75) is 64.0 Å². The van der Waals surface area contributed by atoms with Crippen molar-refractivity contribution in [3.05, 3.63) is 29.6 Å². The van der Waals surface area contributed by atoms with Crippen molar-refractivity contribution in [3.63, 3.8) is 0 Å². The first-order valence-electron chi connectivity index (χ1n) is 8.85. The maximum atomic E-state index is 13.0. The van der Waals surface area contributed by atoms with E-state index in [0.29, 0.717) is 18.0 Å². The number of imidazole rings is 1. The van der Waals surface area contributed by atoms with Crippen LogP contribution in [0.4, 0.5) is 0 Å². The molecule has 2 unspecified atom stereocenters. The lowest BCUT2D eigenvalue weighted by Gasteiger charge is -2.39. The van der Waals surface area contributed by atoms with E-state index in [1.807, 2.05) is 12.1 Å². The number of amides is 1. The first-order chi connectivity index (χ1) is 11.1. The van der Waals surface area contributed by atoms with E-state index in [0.717, 1.165) is 29.4 Å². The van der Waals surface area contributed by atoms with E-state index < -0.39 is 0 Å². The maximum absolute atomic E-state index is 13.0. The van der Waals surface area contributed by atoms with E-state index >= 15 is 0 Å². The van der Waals surface area contributed by atoms with Crippen LogP contribution in [0.3, 0.4) is 0 Å². The lowest BCUT2D eigenvalue weighted by Crippen LogP contribution is -2.47. The van der Waals surface area contributed by atoms with Crippen LogP contribution in [0, 0.1) is 0 Å². The van der Waals surface area contributed by atoms with Gasteiger partial charge in [-0.05, 0) is 64.2 Å². The molecule has 1 aliphatic heterocycles. The second-order valence-corrected chi connectivity index (χ2v) is 7.35. The van der Waals surface area contributed by atoms with Crippen molar-refractivity contribution < 1.29 is 4.79 Å². The van der Waals surface area contributed by atoms with Crippen LogP contribution in [0.15, 0.2) is 18.2 Å². The summed E-state index contributed by atoms with van der Waals surface area (Å²) in [6.45, 7) is 4.33. The number of carbonyl (C=O) groups is 1. The van der Waals surface area contributed by atoms with Gasteiger partial charge in [0.1, 0.15) is 5.82 Å². The fourth-order valence-electron chi connectivity index (χ4n) is 4.03. The zero-order valence-electron chi connectivity index (χ0n) is 14.2. The summed E-state index contributed by atoms with van der Waals surface area (Å²) in [5.74, 6) is 1.95. The molecule has 1 amide bonds. The van der Waals surface area contributed by atoms with Crippen LogP contribution in [0.1, 0.15) is 68.1 Å². The smallest absolute Gasteiger partial charge is 0.254 e. The van der Waals surface area contributed by atoms with Gasteiger partial charge in [-0.1, -0.05) is 0 Å². The molecule has 2 atom stereocenters. The molecule has 1 aromatic carbocycles. The van der Waals surface area contributed by atoms with Crippen molar-refractivity contribution in [1.29, 1.82) is 0 Å². The zero-order valence-corrected chi connectivity index (χ0v) is 14.2. The lowest BCUT2D eigenvalue weighted by atomic mass is 9.96. The number of rotatable bonds is 2. The van der Waals surface area contributed by atoms with Crippen molar-refractivity contribution in [2.24, 2.45) is 7.05 Å². The van der Waals surface area contributed by atoms with Gasteiger partial charge in [0.2, 0.25) is 0 Å². The molecule has 2 aromatic rings. The molecule has 4 rings (SSSR count). The molecule has 0 bridgehead atoms. The predicted molar refractivity (Wildman–Crippen MR) is 91.6 cm³/mol. The quantitative estimate of drug-likeness (QED) is 0.845. The second kappa shape index (κ2) is 5.36. The fraction of sp³-hybridized carbons (Fsp3) is 0.579. The Morgan fingerprint density at radius 2 is 1.83 bits per heavy atom. The highest BCUT2D eigenvalue weighted by Crippen LogP contribution is 2.40. The molecule has 1 saturated carbocycles.